The molecule has 12 heteroatoms. The molecule has 0 aliphatic carbocycles. The van der Waals surface area contributed by atoms with Gasteiger partial charge in [0.05, 0.1) is 25.0 Å². The smallest absolute Gasteiger partial charge is 0.205 e. The molecule has 1 atom stereocenters. The molecule has 47 heavy (non-hydrogen) atoms. The first-order chi connectivity index (χ1) is 22.5. The predicted molar refractivity (Wildman–Crippen MR) is 183 cm³/mol. The summed E-state index contributed by atoms with van der Waals surface area (Å²) in [5, 5.41) is 56.1. The van der Waals surface area contributed by atoms with Gasteiger partial charge in [0, 0.05) is 36.2 Å². The van der Waals surface area contributed by atoms with Gasteiger partial charge in [-0.25, -0.2) is 4.98 Å². The number of halogens is 1. The molecule has 0 radical (unpaired) electrons. The second kappa shape index (κ2) is 16.6. The number of benzene rings is 3. The van der Waals surface area contributed by atoms with Gasteiger partial charge in [-0.15, -0.1) is 10.2 Å². The quantitative estimate of drug-likeness (QED) is 0.100. The number of aliphatic hydroxyl groups excluding tert-OH is 3. The maximum absolute atomic E-state index is 9.97. The Morgan fingerprint density at radius 3 is 2.32 bits per heavy atom. The van der Waals surface area contributed by atoms with E-state index in [-0.39, 0.29) is 24.5 Å². The van der Waals surface area contributed by atoms with E-state index in [0.29, 0.717) is 40.9 Å². The second-order valence-corrected chi connectivity index (χ2v) is 12.6. The topological polar surface area (TPSA) is 165 Å². The summed E-state index contributed by atoms with van der Waals surface area (Å²) in [5.41, 5.74) is 5.85. The molecule has 1 unspecified atom stereocenters. The Morgan fingerprint density at radius 1 is 0.979 bits per heavy atom. The van der Waals surface area contributed by atoms with Crippen molar-refractivity contribution < 1.29 is 20.4 Å². The van der Waals surface area contributed by atoms with Gasteiger partial charge >= 0.3 is 0 Å². The summed E-state index contributed by atoms with van der Waals surface area (Å²) >= 11 is 6.26. The van der Waals surface area contributed by atoms with Crippen LogP contribution in [0.3, 0.4) is 0 Å². The van der Waals surface area contributed by atoms with Crippen LogP contribution in [-0.4, -0.2) is 62.7 Å². The van der Waals surface area contributed by atoms with Crippen LogP contribution < -0.4 is 5.32 Å². The molecule has 5 aromatic rings. The lowest BCUT2D eigenvalue weighted by Gasteiger charge is -2.23. The zero-order valence-corrected chi connectivity index (χ0v) is 28.0. The van der Waals surface area contributed by atoms with Gasteiger partial charge in [-0.05, 0) is 66.8 Å². The largest absolute Gasteiger partial charge is 0.508 e. The first-order valence-corrected chi connectivity index (χ1v) is 16.0. The van der Waals surface area contributed by atoms with Crippen LogP contribution in [0, 0.1) is 0 Å². The molecular weight excluding hydrogens is 618 g/mol. The number of aromatic nitrogens is 6. The number of hydrogen-bond acceptors (Lipinski definition) is 9. The van der Waals surface area contributed by atoms with Crippen molar-refractivity contribution in [3.05, 3.63) is 100 Å². The Morgan fingerprint density at radius 2 is 1.70 bits per heavy atom. The molecule has 2 heterocycles. The van der Waals surface area contributed by atoms with E-state index < -0.39 is 6.10 Å². The van der Waals surface area contributed by atoms with Crippen molar-refractivity contribution in [3.8, 4) is 28.3 Å². The van der Waals surface area contributed by atoms with Gasteiger partial charge < -0.3 is 30.3 Å². The van der Waals surface area contributed by atoms with Crippen LogP contribution in [0.2, 0.25) is 5.15 Å². The van der Waals surface area contributed by atoms with Gasteiger partial charge in [0.15, 0.2) is 5.15 Å². The molecule has 6 N–H and O–H groups in total. The molecule has 0 bridgehead atoms. The van der Waals surface area contributed by atoms with Crippen molar-refractivity contribution in [2.75, 3.05) is 6.54 Å². The number of H-pyrrole nitrogens is 1. The van der Waals surface area contributed by atoms with E-state index in [1.807, 2.05) is 49.6 Å². The molecule has 0 saturated heterocycles. The first-order valence-electron chi connectivity index (χ1n) is 15.7. The number of rotatable bonds is 12. The summed E-state index contributed by atoms with van der Waals surface area (Å²) in [5.74, 6) is 1.53. The third-order valence-electron chi connectivity index (χ3n) is 7.61. The summed E-state index contributed by atoms with van der Waals surface area (Å²) in [7, 11) is 0. The van der Waals surface area contributed by atoms with Gasteiger partial charge in [-0.2, -0.15) is 5.21 Å². The van der Waals surface area contributed by atoms with Crippen LogP contribution in [0.1, 0.15) is 74.8 Å². The van der Waals surface area contributed by atoms with Crippen LogP contribution >= 0.6 is 11.6 Å². The highest BCUT2D eigenvalue weighted by atomic mass is 35.5. The minimum absolute atomic E-state index is 0.0484. The number of aryl methyl sites for hydroxylation is 1. The minimum atomic E-state index is -0.653. The highest BCUT2D eigenvalue weighted by Gasteiger charge is 2.17. The Hall–Kier alpha value is -4.13. The van der Waals surface area contributed by atoms with E-state index in [4.69, 9.17) is 16.7 Å². The number of nitrogens with one attached hydrogen (secondary N) is 2. The molecule has 0 fully saturated rings. The molecule has 0 aliphatic rings. The molecule has 0 aliphatic heterocycles. The van der Waals surface area contributed by atoms with Crippen LogP contribution in [-0.2, 0) is 26.2 Å². The van der Waals surface area contributed by atoms with Gasteiger partial charge in [0.2, 0.25) is 5.82 Å². The number of phenols is 1. The Bertz CT molecular complexity index is 1700. The van der Waals surface area contributed by atoms with Gasteiger partial charge in [-0.1, -0.05) is 79.5 Å². The number of aliphatic hydroxyl groups is 3. The summed E-state index contributed by atoms with van der Waals surface area (Å²) in [6.07, 6.45) is 2.30. The number of aromatic hydroxyl groups is 1. The van der Waals surface area contributed by atoms with E-state index in [9.17, 15) is 15.3 Å². The molecule has 250 valence electrons. The molecule has 3 aromatic carbocycles. The van der Waals surface area contributed by atoms with Gasteiger partial charge in [-0.3, -0.25) is 0 Å². The van der Waals surface area contributed by atoms with Crippen molar-refractivity contribution in [1.82, 2.24) is 35.5 Å². The second-order valence-electron chi connectivity index (χ2n) is 12.3. The fourth-order valence-electron chi connectivity index (χ4n) is 5.01. The number of tetrazole rings is 1. The summed E-state index contributed by atoms with van der Waals surface area (Å²) in [4.78, 5) is 4.47. The van der Waals surface area contributed by atoms with Crippen molar-refractivity contribution in [2.24, 2.45) is 0 Å². The van der Waals surface area contributed by atoms with Crippen LogP contribution in [0.4, 0.5) is 0 Å². The lowest BCUT2D eigenvalue weighted by molar-refractivity contribution is 0.163. The number of hydrogen-bond donors (Lipinski definition) is 6. The lowest BCUT2D eigenvalue weighted by Crippen LogP contribution is -2.38. The molecule has 0 saturated carbocycles. The zero-order valence-electron chi connectivity index (χ0n) is 27.3. The highest BCUT2D eigenvalue weighted by Crippen LogP contribution is 2.30. The van der Waals surface area contributed by atoms with Crippen molar-refractivity contribution in [2.45, 2.75) is 78.4 Å². The number of imidazole rings is 1. The summed E-state index contributed by atoms with van der Waals surface area (Å²) < 4.78 is 2.03. The lowest BCUT2D eigenvalue weighted by atomic mass is 9.98. The minimum Gasteiger partial charge on any atom is -0.508 e. The number of aromatic amines is 1. The molecule has 0 spiro atoms. The third-order valence-corrected chi connectivity index (χ3v) is 7.91. The standard InChI is InChI=1S/C22H23ClN6O.C13H21NO3/c1-2-3-8-20-24-21(23)19(14-30)29(20)13-15-9-11-16(12-10-15)17-6-4-5-7-18(17)22-25-27-28-26-22;1-13(2,3)14-7-12(17)9-4-5-11(16)10(6-9)8-15/h4-7,9-12,30H,2-3,8,13-14H2,1H3,(H,25,26,27,28);4-6,12,14-17H,7-8H2,1-3H3. The molecule has 2 aromatic heterocycles. The van der Waals surface area contributed by atoms with Gasteiger partial charge in [0.25, 0.3) is 0 Å². The monoisotopic (exact) mass is 661 g/mol. The Balaban J connectivity index is 0.000000251. The van der Waals surface area contributed by atoms with Crippen LogP contribution in [0.25, 0.3) is 22.5 Å². The van der Waals surface area contributed by atoms with Crippen LogP contribution in [0.15, 0.2) is 66.7 Å². The zero-order chi connectivity index (χ0) is 34.0. The van der Waals surface area contributed by atoms with Gasteiger partial charge in [0.1, 0.15) is 11.6 Å². The maximum atomic E-state index is 9.97. The van der Waals surface area contributed by atoms with E-state index in [1.54, 1.807) is 12.1 Å². The fraction of sp³-hybridized carbons (Fsp3) is 0.371. The number of nitrogens with zero attached hydrogens (tertiary/aromatic N) is 5. The average molecular weight is 662 g/mol. The molecule has 5 rings (SSSR count). The van der Waals surface area contributed by atoms with E-state index in [0.717, 1.165) is 47.3 Å². The number of unbranched alkanes of at least 4 members (excludes halogenated alkanes) is 1. The maximum Gasteiger partial charge on any atom is 0.205 e. The van der Waals surface area contributed by atoms with E-state index >= 15 is 0 Å². The van der Waals surface area contributed by atoms with E-state index in [2.05, 4.69) is 62.1 Å². The third kappa shape index (κ3) is 9.69. The molecule has 11 nitrogen and oxygen atoms in total. The summed E-state index contributed by atoms with van der Waals surface area (Å²) in [6, 6.07) is 21.1. The van der Waals surface area contributed by atoms with Crippen LogP contribution in [0.5, 0.6) is 5.75 Å². The van der Waals surface area contributed by atoms with Crippen molar-refractivity contribution in [1.29, 1.82) is 0 Å². The van der Waals surface area contributed by atoms with Crippen molar-refractivity contribution in [3.63, 3.8) is 0 Å². The normalized spacial score (nSPS) is 12.1. The molecular formula is C35H44ClN7O4. The first kappa shape index (κ1) is 35.7. The Kier molecular flexibility index (Phi) is 12.6. The van der Waals surface area contributed by atoms with Crippen molar-refractivity contribution >= 4 is 11.6 Å². The summed E-state index contributed by atoms with van der Waals surface area (Å²) in [6.45, 7) is 8.89. The number of β-amino-alcohol motifs (C(OH)–C–C–N with tert-alkyl or cyclic N) is 1. The fourth-order valence-corrected chi connectivity index (χ4v) is 5.27. The molecule has 0 amide bonds. The predicted octanol–water partition coefficient (Wildman–Crippen LogP) is 5.57. The van der Waals surface area contributed by atoms with E-state index in [1.165, 1.54) is 6.07 Å². The average Bonchev–Trinajstić information content (AvgIpc) is 3.71. The Labute approximate surface area is 280 Å². The SMILES string of the molecule is CC(C)(C)NCC(O)c1ccc(O)c(CO)c1.CCCCc1nc(Cl)c(CO)n1Cc1ccc(-c2ccccc2-c2nn[nH]n2)cc1. The highest BCUT2D eigenvalue weighted by molar-refractivity contribution is 6.30.